The van der Waals surface area contributed by atoms with Gasteiger partial charge in [-0.05, 0) is 80.8 Å². The number of rotatable bonds is 6. The van der Waals surface area contributed by atoms with Crippen LogP contribution in [0.15, 0.2) is 18.2 Å². The minimum absolute atomic E-state index is 0.427. The molecule has 1 atom stereocenters. The smallest absolute Gasteiger partial charge is 0.330 e. The largest absolute Gasteiger partial charge is 0.416 e. The molecule has 0 saturated carbocycles. The van der Waals surface area contributed by atoms with Crippen LogP contribution in [0.4, 0.5) is 17.6 Å². The number of hydrogen-bond donors (Lipinski definition) is 0. The lowest BCUT2D eigenvalue weighted by Crippen LogP contribution is -2.35. The maximum atomic E-state index is 13.6. The van der Waals surface area contributed by atoms with E-state index >= 15 is 0 Å². The van der Waals surface area contributed by atoms with Crippen LogP contribution in [-0.4, -0.2) is 27.5 Å². The second-order valence-corrected chi connectivity index (χ2v) is 9.40. The van der Waals surface area contributed by atoms with Gasteiger partial charge in [-0.25, -0.2) is 9.37 Å². The summed E-state index contributed by atoms with van der Waals surface area (Å²) in [5, 5.41) is 2.32. The first-order chi connectivity index (χ1) is 15.2. The summed E-state index contributed by atoms with van der Waals surface area (Å²) in [6, 6.07) is 2.86. The molecular weight excluding hydrogens is 418 g/mol. The first-order valence-electron chi connectivity index (χ1n) is 11.5. The Balaban J connectivity index is 1.26. The third kappa shape index (κ3) is 5.42. The zero-order chi connectivity index (χ0) is 22.9. The van der Waals surface area contributed by atoms with Crippen molar-refractivity contribution in [1.82, 2.24) is 14.5 Å². The predicted molar refractivity (Wildman–Crippen MR) is 118 cm³/mol. The van der Waals surface area contributed by atoms with Crippen molar-refractivity contribution in [3.63, 3.8) is 0 Å². The van der Waals surface area contributed by atoms with Crippen LogP contribution in [0.5, 0.6) is 0 Å². The molecule has 1 fully saturated rings. The Morgan fingerprint density at radius 2 is 1.88 bits per heavy atom. The van der Waals surface area contributed by atoms with Gasteiger partial charge in [0.2, 0.25) is 0 Å². The molecule has 2 aromatic rings. The number of fused-ring (bicyclic) bond motifs is 1. The molecule has 1 saturated heterocycles. The van der Waals surface area contributed by atoms with E-state index in [0.717, 1.165) is 69.0 Å². The van der Waals surface area contributed by atoms with Gasteiger partial charge >= 0.3 is 6.18 Å². The van der Waals surface area contributed by atoms with Crippen molar-refractivity contribution < 1.29 is 17.6 Å². The Morgan fingerprint density at radius 1 is 1.12 bits per heavy atom. The van der Waals surface area contributed by atoms with E-state index in [1.165, 1.54) is 11.4 Å². The highest BCUT2D eigenvalue weighted by Crippen LogP contribution is 2.31. The summed E-state index contributed by atoms with van der Waals surface area (Å²) in [6.45, 7) is 5.07. The molecule has 1 aromatic carbocycles. The van der Waals surface area contributed by atoms with Crippen molar-refractivity contribution in [3.05, 3.63) is 51.7 Å². The van der Waals surface area contributed by atoms with Gasteiger partial charge in [0.15, 0.2) is 0 Å². The second-order valence-electron chi connectivity index (χ2n) is 9.40. The number of alkyl halides is 3. The second kappa shape index (κ2) is 9.38. The van der Waals surface area contributed by atoms with Crippen LogP contribution in [0, 0.1) is 17.7 Å². The first-order valence-corrected chi connectivity index (χ1v) is 11.5. The van der Waals surface area contributed by atoms with E-state index in [0.29, 0.717) is 29.9 Å². The topological polar surface area (TPSA) is 21.1 Å². The third-order valence-electron chi connectivity index (χ3n) is 6.82. The maximum Gasteiger partial charge on any atom is 0.416 e. The van der Waals surface area contributed by atoms with E-state index in [9.17, 15) is 17.6 Å². The molecule has 1 unspecified atom stereocenters. The van der Waals surface area contributed by atoms with E-state index in [1.54, 1.807) is 0 Å². The fourth-order valence-electron chi connectivity index (χ4n) is 4.89. The predicted octanol–water partition coefficient (Wildman–Crippen LogP) is 4.41. The molecule has 0 radical (unpaired) electrons. The van der Waals surface area contributed by atoms with E-state index in [1.807, 2.05) is 0 Å². The van der Waals surface area contributed by atoms with Gasteiger partial charge in [0, 0.05) is 7.05 Å². The number of nitrogens with zero attached hydrogens (tertiary/aromatic N) is 3. The average molecular weight is 450 g/mol. The highest BCUT2D eigenvalue weighted by molar-refractivity contribution is 5.36. The van der Waals surface area contributed by atoms with Crippen molar-refractivity contribution in [3.8, 4) is 0 Å². The van der Waals surface area contributed by atoms with E-state index in [-0.39, 0.29) is 0 Å². The highest BCUT2D eigenvalue weighted by atomic mass is 19.4. The molecule has 1 aliphatic carbocycles. The summed E-state index contributed by atoms with van der Waals surface area (Å²) in [6.07, 6.45) is 5.44. The highest BCUT2D eigenvalue weighted by Gasteiger charge is 2.31. The van der Waals surface area contributed by atoms with Crippen LogP contribution in [0.3, 0.4) is 0 Å². The summed E-state index contributed by atoms with van der Waals surface area (Å²) in [5.41, 5.74) is -0.474. The zero-order valence-electron chi connectivity index (χ0n) is 18.8. The minimum Gasteiger partial charge on any atom is -0.330 e. The summed E-state index contributed by atoms with van der Waals surface area (Å²) < 4.78 is 54.4. The van der Waals surface area contributed by atoms with Crippen molar-refractivity contribution in [2.75, 3.05) is 13.1 Å². The van der Waals surface area contributed by atoms with Crippen LogP contribution in [-0.2, 0) is 26.2 Å². The maximum absolute atomic E-state index is 13.6. The van der Waals surface area contributed by atoms with Gasteiger partial charge in [0.05, 0.1) is 22.8 Å². The molecule has 0 N–H and O–H groups in total. The summed E-state index contributed by atoms with van der Waals surface area (Å²) in [7, 11) is 2.09. The first kappa shape index (κ1) is 23.0. The van der Waals surface area contributed by atoms with Gasteiger partial charge in [-0.2, -0.15) is 13.2 Å². The Kier molecular flexibility index (Phi) is 6.75. The molecule has 2 aliphatic rings. The van der Waals surface area contributed by atoms with Gasteiger partial charge in [-0.1, -0.05) is 25.5 Å². The van der Waals surface area contributed by atoms with Crippen molar-refractivity contribution >= 4 is 12.2 Å². The van der Waals surface area contributed by atoms with E-state index in [4.69, 9.17) is 4.98 Å². The van der Waals surface area contributed by atoms with Gasteiger partial charge in [0.1, 0.15) is 11.6 Å². The molecule has 1 aromatic heterocycles. The number of aromatic nitrogens is 2. The normalized spacial score (nSPS) is 20.0. The number of hydrogen-bond acceptors (Lipinski definition) is 2. The van der Waals surface area contributed by atoms with Gasteiger partial charge in [0.25, 0.3) is 0 Å². The van der Waals surface area contributed by atoms with Crippen LogP contribution in [0.25, 0.3) is 12.2 Å². The molecule has 0 amide bonds. The van der Waals surface area contributed by atoms with Crippen LogP contribution >= 0.6 is 0 Å². The molecule has 0 bridgehead atoms. The lowest BCUT2D eigenvalue weighted by atomic mass is 9.90. The molecule has 174 valence electrons. The van der Waals surface area contributed by atoms with Crippen molar-refractivity contribution in [2.45, 2.75) is 58.2 Å². The molecule has 3 nitrogen and oxygen atoms in total. The molecule has 1 aliphatic heterocycles. The third-order valence-corrected chi connectivity index (χ3v) is 6.82. The number of benzene rings is 1. The molecule has 4 rings (SSSR count). The zero-order valence-corrected chi connectivity index (χ0v) is 18.8. The van der Waals surface area contributed by atoms with Gasteiger partial charge < -0.3 is 4.57 Å². The minimum atomic E-state index is -4.51. The van der Waals surface area contributed by atoms with Crippen LogP contribution < -0.4 is 10.7 Å². The number of imidazole rings is 1. The fraction of sp³-hybridized carbons (Fsp3) is 0.560. The fourth-order valence-corrected chi connectivity index (χ4v) is 4.89. The number of halogens is 4. The number of likely N-dealkylation sites (tertiary alicyclic amines) is 1. The molecule has 0 spiro atoms. The summed E-state index contributed by atoms with van der Waals surface area (Å²) in [4.78, 5) is 7.28. The lowest BCUT2D eigenvalue weighted by Gasteiger charge is -2.31. The average Bonchev–Trinajstić information content (AvgIpc) is 3.03. The van der Waals surface area contributed by atoms with E-state index < -0.39 is 17.6 Å². The Hall–Kier alpha value is -2.15. The lowest BCUT2D eigenvalue weighted by molar-refractivity contribution is -0.137. The molecule has 7 heteroatoms. The number of piperidine rings is 1. The monoisotopic (exact) mass is 449 g/mol. The SMILES string of the molecule is CC1C=c2c(nc(CN3CCC(CCCc4cc(F)cc(C(F)(F)F)c4)CC3)n2C)=CC1. The van der Waals surface area contributed by atoms with Crippen molar-refractivity contribution in [2.24, 2.45) is 18.9 Å². The Labute approximate surface area is 186 Å². The summed E-state index contributed by atoms with van der Waals surface area (Å²) in [5.74, 6) is 1.40. The Morgan fingerprint density at radius 3 is 2.59 bits per heavy atom. The standard InChI is InChI=1S/C25H31F4N3/c1-17-6-7-22-23(12-17)31(2)24(30-22)16-32-10-8-18(9-11-32)4-3-5-19-13-20(25(27,28)29)15-21(26)14-19/h7,12-15,17-18H,3-6,8-11,16H2,1-2H3. The van der Waals surface area contributed by atoms with Gasteiger partial charge in [-0.3, -0.25) is 4.90 Å². The van der Waals surface area contributed by atoms with Crippen molar-refractivity contribution in [1.29, 1.82) is 0 Å². The van der Waals surface area contributed by atoms with Gasteiger partial charge in [-0.15, -0.1) is 0 Å². The molecule has 32 heavy (non-hydrogen) atoms. The quantitative estimate of drug-likeness (QED) is 0.609. The molecule has 2 heterocycles. The Bertz CT molecular complexity index is 1060. The number of aryl methyl sites for hydroxylation is 1. The van der Waals surface area contributed by atoms with Crippen LogP contribution in [0.1, 0.15) is 56.0 Å². The van der Waals surface area contributed by atoms with E-state index in [2.05, 4.69) is 35.6 Å². The molecular formula is C25H31F4N3. The summed E-state index contributed by atoms with van der Waals surface area (Å²) >= 11 is 0. The van der Waals surface area contributed by atoms with Crippen LogP contribution in [0.2, 0.25) is 0 Å².